The second-order valence-corrected chi connectivity index (χ2v) is 8.77. The molecule has 34 heavy (non-hydrogen) atoms. The lowest BCUT2D eigenvalue weighted by atomic mass is 9.98. The molecule has 1 aromatic heterocycles. The van der Waals surface area contributed by atoms with Gasteiger partial charge in [-0.1, -0.05) is 19.4 Å². The van der Waals surface area contributed by atoms with Crippen LogP contribution in [0.3, 0.4) is 0 Å². The number of carbonyl (C=O) groups excluding carboxylic acids is 1. The number of aromatic nitrogens is 1. The highest BCUT2D eigenvalue weighted by Gasteiger charge is 2.27. The van der Waals surface area contributed by atoms with Crippen LogP contribution in [-0.2, 0) is 9.53 Å². The fourth-order valence-corrected chi connectivity index (χ4v) is 4.17. The summed E-state index contributed by atoms with van der Waals surface area (Å²) in [6.45, 7) is 8.33. The topological polar surface area (TPSA) is 102 Å². The molecule has 8 heteroatoms. The predicted octanol–water partition coefficient (Wildman–Crippen LogP) is 4.23. The second kappa shape index (κ2) is 12.5. The summed E-state index contributed by atoms with van der Waals surface area (Å²) >= 11 is 0. The van der Waals surface area contributed by atoms with Crippen LogP contribution in [0.5, 0.6) is 5.75 Å². The minimum atomic E-state index is -0.140. The number of hydrogen-bond donors (Lipinski definition) is 1. The van der Waals surface area contributed by atoms with E-state index in [1.165, 1.54) is 0 Å². The van der Waals surface area contributed by atoms with Gasteiger partial charge in [0.25, 0.3) is 0 Å². The molecular formula is C26H37N5O3. The Bertz CT molecular complexity index is 1040. The van der Waals surface area contributed by atoms with E-state index in [0.29, 0.717) is 31.9 Å². The number of pyridine rings is 1. The molecule has 2 N–H and O–H groups in total. The standard InChI is InChI=1S/C26H37N5O3/c1-5-28-19(3)29-16-18(2)21-10-11-23-22(15-20(27)17-30-23)25(21)33-13-8-14-34-26(32)24-9-6-7-12-31(24)4/h10-11,15-18,24H,5-9,12-14,27H2,1-4H3/b28-19-,29-16-. The second-order valence-electron chi connectivity index (χ2n) is 8.77. The van der Waals surface area contributed by atoms with Gasteiger partial charge in [0.15, 0.2) is 0 Å². The summed E-state index contributed by atoms with van der Waals surface area (Å²) < 4.78 is 11.8. The molecule has 1 saturated heterocycles. The van der Waals surface area contributed by atoms with Crippen molar-refractivity contribution in [3.8, 4) is 5.75 Å². The van der Waals surface area contributed by atoms with Crippen molar-refractivity contribution < 1.29 is 14.3 Å². The fraction of sp³-hybridized carbons (Fsp3) is 0.538. The van der Waals surface area contributed by atoms with Gasteiger partial charge in [-0.05, 0) is 52.4 Å². The van der Waals surface area contributed by atoms with E-state index in [1.807, 2.05) is 45.3 Å². The van der Waals surface area contributed by atoms with Crippen LogP contribution in [0.25, 0.3) is 10.9 Å². The average molecular weight is 468 g/mol. The average Bonchev–Trinajstić information content (AvgIpc) is 2.82. The lowest BCUT2D eigenvalue weighted by Crippen LogP contribution is -2.43. The van der Waals surface area contributed by atoms with Crippen LogP contribution in [0.1, 0.15) is 57.9 Å². The van der Waals surface area contributed by atoms with E-state index < -0.39 is 0 Å². The number of likely N-dealkylation sites (tertiary alicyclic amines) is 1. The number of ether oxygens (including phenoxy) is 2. The smallest absolute Gasteiger partial charge is 0.323 e. The summed E-state index contributed by atoms with van der Waals surface area (Å²) in [5, 5.41) is 0.859. The van der Waals surface area contributed by atoms with E-state index in [-0.39, 0.29) is 17.9 Å². The molecule has 0 saturated carbocycles. The summed E-state index contributed by atoms with van der Waals surface area (Å²) in [5.41, 5.74) is 8.40. The van der Waals surface area contributed by atoms with E-state index in [0.717, 1.165) is 53.9 Å². The minimum absolute atomic E-state index is 0.00232. The quantitative estimate of drug-likeness (QED) is 0.256. The van der Waals surface area contributed by atoms with E-state index in [2.05, 4.69) is 26.8 Å². The monoisotopic (exact) mass is 467 g/mol. The van der Waals surface area contributed by atoms with E-state index >= 15 is 0 Å². The van der Waals surface area contributed by atoms with Crippen LogP contribution >= 0.6 is 0 Å². The number of aliphatic imine (C=N–C) groups is 2. The zero-order valence-electron chi connectivity index (χ0n) is 20.8. The summed E-state index contributed by atoms with van der Waals surface area (Å²) in [6.07, 6.45) is 7.18. The largest absolute Gasteiger partial charge is 0.492 e. The highest BCUT2D eigenvalue weighted by atomic mass is 16.5. The van der Waals surface area contributed by atoms with Gasteiger partial charge in [-0.2, -0.15) is 0 Å². The molecule has 0 bridgehead atoms. The molecule has 2 heterocycles. The lowest BCUT2D eigenvalue weighted by molar-refractivity contribution is -0.150. The molecule has 1 aliphatic heterocycles. The van der Waals surface area contributed by atoms with Gasteiger partial charge in [-0.3, -0.25) is 19.7 Å². The molecular weight excluding hydrogens is 430 g/mol. The molecule has 2 aromatic rings. The SMILES string of the molecule is CC/N=C(C)\N=C/C(C)c1ccc2ncc(N)cc2c1OCCCOC(=O)C1CCCCN1C. The Kier molecular flexibility index (Phi) is 9.39. The van der Waals surface area contributed by atoms with Gasteiger partial charge < -0.3 is 15.2 Å². The maximum absolute atomic E-state index is 12.4. The molecule has 8 nitrogen and oxygen atoms in total. The normalized spacial score (nSPS) is 18.4. The maximum atomic E-state index is 12.4. The third kappa shape index (κ3) is 6.76. The molecule has 1 aliphatic rings. The Morgan fingerprint density at radius 2 is 2.18 bits per heavy atom. The van der Waals surface area contributed by atoms with Crippen molar-refractivity contribution in [2.75, 3.05) is 39.1 Å². The summed E-state index contributed by atoms with van der Waals surface area (Å²) in [4.78, 5) is 27.7. The van der Waals surface area contributed by atoms with Crippen LogP contribution < -0.4 is 10.5 Å². The first-order valence-corrected chi connectivity index (χ1v) is 12.1. The van der Waals surface area contributed by atoms with Crippen molar-refractivity contribution in [2.45, 2.75) is 58.4 Å². The summed E-state index contributed by atoms with van der Waals surface area (Å²) in [6, 6.07) is 5.74. The Balaban J connectivity index is 1.68. The Morgan fingerprint density at radius 1 is 1.35 bits per heavy atom. The van der Waals surface area contributed by atoms with Gasteiger partial charge in [0.05, 0.1) is 30.6 Å². The highest BCUT2D eigenvalue weighted by molar-refractivity contribution is 5.92. The number of piperidine rings is 1. The van der Waals surface area contributed by atoms with Gasteiger partial charge in [-0.15, -0.1) is 0 Å². The first-order chi connectivity index (χ1) is 16.4. The number of esters is 1. The van der Waals surface area contributed by atoms with Crippen LogP contribution in [0.15, 0.2) is 34.4 Å². The number of hydrogen-bond acceptors (Lipinski definition) is 7. The number of carbonyl (C=O) groups is 1. The molecule has 0 amide bonds. The van der Waals surface area contributed by atoms with Crippen molar-refractivity contribution in [1.29, 1.82) is 0 Å². The number of likely N-dealkylation sites (N-methyl/N-ethyl adjacent to an activating group) is 1. The number of amidine groups is 1. The molecule has 2 unspecified atom stereocenters. The number of fused-ring (bicyclic) bond motifs is 1. The predicted molar refractivity (Wildman–Crippen MR) is 138 cm³/mol. The molecule has 1 aromatic carbocycles. The summed E-state index contributed by atoms with van der Waals surface area (Å²) in [7, 11) is 1.98. The van der Waals surface area contributed by atoms with Crippen molar-refractivity contribution in [2.24, 2.45) is 9.98 Å². The number of benzene rings is 1. The molecule has 0 aliphatic carbocycles. The number of rotatable bonds is 9. The summed E-state index contributed by atoms with van der Waals surface area (Å²) in [5.74, 6) is 1.34. The van der Waals surface area contributed by atoms with Gasteiger partial charge in [-0.25, -0.2) is 4.99 Å². The Hall–Kier alpha value is -3.00. The Labute approximate surface area is 202 Å². The molecule has 0 radical (unpaired) electrons. The van der Waals surface area contributed by atoms with Crippen LogP contribution in [0.2, 0.25) is 0 Å². The number of nitrogens with zero attached hydrogens (tertiary/aromatic N) is 4. The van der Waals surface area contributed by atoms with E-state index in [1.54, 1.807) is 6.20 Å². The molecule has 184 valence electrons. The van der Waals surface area contributed by atoms with Gasteiger partial charge in [0, 0.05) is 36.0 Å². The molecule has 2 atom stereocenters. The van der Waals surface area contributed by atoms with Crippen molar-refractivity contribution in [3.05, 3.63) is 30.0 Å². The Morgan fingerprint density at radius 3 is 2.94 bits per heavy atom. The molecule has 0 spiro atoms. The van der Waals surface area contributed by atoms with Gasteiger partial charge >= 0.3 is 5.97 Å². The first kappa shape index (κ1) is 25.6. The van der Waals surface area contributed by atoms with Gasteiger partial charge in [0.1, 0.15) is 17.6 Å². The third-order valence-corrected chi connectivity index (χ3v) is 6.05. The zero-order valence-corrected chi connectivity index (χ0v) is 20.8. The molecule has 1 fully saturated rings. The van der Waals surface area contributed by atoms with E-state index in [4.69, 9.17) is 15.2 Å². The van der Waals surface area contributed by atoms with Crippen molar-refractivity contribution >= 4 is 34.6 Å². The minimum Gasteiger partial charge on any atom is -0.492 e. The maximum Gasteiger partial charge on any atom is 0.323 e. The van der Waals surface area contributed by atoms with Crippen LogP contribution in [0, 0.1) is 0 Å². The highest BCUT2D eigenvalue weighted by Crippen LogP contribution is 2.34. The van der Waals surface area contributed by atoms with Crippen LogP contribution in [-0.4, -0.2) is 67.3 Å². The van der Waals surface area contributed by atoms with Crippen molar-refractivity contribution in [1.82, 2.24) is 9.88 Å². The fourth-order valence-electron chi connectivity index (χ4n) is 4.17. The van der Waals surface area contributed by atoms with E-state index in [9.17, 15) is 4.79 Å². The van der Waals surface area contributed by atoms with Crippen LogP contribution in [0.4, 0.5) is 5.69 Å². The number of nitrogens with two attached hydrogens (primary N) is 1. The molecule has 3 rings (SSSR count). The zero-order chi connectivity index (χ0) is 24.5. The van der Waals surface area contributed by atoms with Gasteiger partial charge in [0.2, 0.25) is 0 Å². The lowest BCUT2D eigenvalue weighted by Gasteiger charge is -2.30. The number of nitrogen functional groups attached to an aromatic ring is 1. The third-order valence-electron chi connectivity index (χ3n) is 6.05. The number of anilines is 1. The van der Waals surface area contributed by atoms with Crippen molar-refractivity contribution in [3.63, 3.8) is 0 Å². The first-order valence-electron chi connectivity index (χ1n) is 12.1.